The number of hydrogen-bond donors (Lipinski definition) is 2. The molecule has 0 bridgehead atoms. The van der Waals surface area contributed by atoms with Crippen molar-refractivity contribution in [2.45, 2.75) is 5.92 Å². The number of fused-ring (bicyclic) bond motifs is 1. The monoisotopic (exact) mass is 284 g/mol. The van der Waals surface area contributed by atoms with Crippen molar-refractivity contribution in [2.75, 3.05) is 11.4 Å². The van der Waals surface area contributed by atoms with E-state index in [2.05, 4.69) is 4.98 Å². The van der Waals surface area contributed by atoms with Gasteiger partial charge >= 0.3 is 5.97 Å². The molecule has 3 rings (SSSR count). The van der Waals surface area contributed by atoms with Gasteiger partial charge in [-0.25, -0.2) is 0 Å². The summed E-state index contributed by atoms with van der Waals surface area (Å²) in [4.78, 5) is 29.0. The molecule has 0 saturated carbocycles. The molecule has 0 radical (unpaired) electrons. The van der Waals surface area contributed by atoms with Gasteiger partial charge in [-0.05, 0) is 17.7 Å². The Bertz CT molecular complexity index is 729. The first-order valence-corrected chi connectivity index (χ1v) is 6.35. The number of carbonyl (C=O) groups excluding carboxylic acids is 1. The maximum atomic E-state index is 12.5. The molecule has 0 spiro atoms. The molecule has 0 saturated heterocycles. The number of para-hydroxylation sites is 1. The van der Waals surface area contributed by atoms with Crippen LogP contribution in [0.4, 0.5) is 5.69 Å². The van der Waals surface area contributed by atoms with Crippen molar-refractivity contribution in [1.82, 2.24) is 4.98 Å². The summed E-state index contributed by atoms with van der Waals surface area (Å²) >= 11 is 0. The van der Waals surface area contributed by atoms with E-state index in [1.165, 1.54) is 23.4 Å². The summed E-state index contributed by atoms with van der Waals surface area (Å²) in [6, 6.07) is 8.24. The van der Waals surface area contributed by atoms with Crippen LogP contribution >= 0.6 is 0 Å². The maximum Gasteiger partial charge on any atom is 0.312 e. The lowest BCUT2D eigenvalue weighted by Crippen LogP contribution is -2.31. The lowest BCUT2D eigenvalue weighted by atomic mass is 10.0. The number of anilines is 1. The lowest BCUT2D eigenvalue weighted by molar-refractivity contribution is -0.138. The predicted octanol–water partition coefficient (Wildman–Crippen LogP) is 1.62. The van der Waals surface area contributed by atoms with Crippen LogP contribution in [0.15, 0.2) is 42.7 Å². The second kappa shape index (κ2) is 4.90. The molecule has 106 valence electrons. The zero-order valence-corrected chi connectivity index (χ0v) is 10.9. The van der Waals surface area contributed by atoms with Gasteiger partial charge in [0.2, 0.25) is 0 Å². The number of carboxylic acid groups (broad SMARTS) is 1. The molecule has 0 aliphatic carbocycles. The van der Waals surface area contributed by atoms with E-state index >= 15 is 0 Å². The fourth-order valence-corrected chi connectivity index (χ4v) is 2.51. The van der Waals surface area contributed by atoms with Crippen LogP contribution in [0.1, 0.15) is 21.8 Å². The summed E-state index contributed by atoms with van der Waals surface area (Å²) < 4.78 is 0. The highest BCUT2D eigenvalue weighted by atomic mass is 16.4. The molecule has 6 heteroatoms. The summed E-state index contributed by atoms with van der Waals surface area (Å²) in [6.07, 6.45) is 2.58. The zero-order valence-electron chi connectivity index (χ0n) is 10.9. The Kier molecular flexibility index (Phi) is 3.06. The minimum absolute atomic E-state index is 0.0726. The van der Waals surface area contributed by atoms with Crippen LogP contribution in [0.2, 0.25) is 0 Å². The van der Waals surface area contributed by atoms with Gasteiger partial charge < -0.3 is 15.1 Å². The Labute approximate surface area is 120 Å². The lowest BCUT2D eigenvalue weighted by Gasteiger charge is -2.17. The molecule has 1 unspecified atom stereocenters. The normalized spacial score (nSPS) is 16.6. The van der Waals surface area contributed by atoms with E-state index in [9.17, 15) is 19.8 Å². The van der Waals surface area contributed by atoms with Crippen LogP contribution in [-0.4, -0.2) is 33.6 Å². The molecule has 2 N–H and O–H groups in total. The van der Waals surface area contributed by atoms with Crippen LogP contribution in [0, 0.1) is 0 Å². The van der Waals surface area contributed by atoms with Gasteiger partial charge in [-0.1, -0.05) is 18.2 Å². The van der Waals surface area contributed by atoms with Crippen molar-refractivity contribution < 1.29 is 19.8 Å². The molecule has 6 nitrogen and oxygen atoms in total. The molecule has 1 amide bonds. The summed E-state index contributed by atoms with van der Waals surface area (Å²) in [7, 11) is 0. The number of hydrogen-bond acceptors (Lipinski definition) is 4. The SMILES string of the molecule is O=C(O)C1CN(C(=O)c2cncc(O)c2)c2ccccc21. The molecule has 1 aliphatic heterocycles. The number of pyridine rings is 1. The van der Waals surface area contributed by atoms with Crippen LogP contribution in [0.25, 0.3) is 0 Å². The third-order valence-electron chi connectivity index (χ3n) is 3.48. The largest absolute Gasteiger partial charge is 0.506 e. The fraction of sp³-hybridized carbons (Fsp3) is 0.133. The van der Waals surface area contributed by atoms with Gasteiger partial charge in [-0.3, -0.25) is 14.6 Å². The molecule has 1 atom stereocenters. The molecule has 1 aromatic carbocycles. The number of benzene rings is 1. The first-order valence-electron chi connectivity index (χ1n) is 6.35. The van der Waals surface area contributed by atoms with Crippen molar-refractivity contribution in [3.63, 3.8) is 0 Å². The zero-order chi connectivity index (χ0) is 15.0. The first kappa shape index (κ1) is 13.1. The highest BCUT2D eigenvalue weighted by molar-refractivity contribution is 6.08. The number of rotatable bonds is 2. The van der Waals surface area contributed by atoms with Crippen LogP contribution < -0.4 is 4.90 Å². The van der Waals surface area contributed by atoms with Crippen LogP contribution in [-0.2, 0) is 4.79 Å². The topological polar surface area (TPSA) is 90.7 Å². The minimum atomic E-state index is -0.966. The van der Waals surface area contributed by atoms with E-state index in [0.717, 1.165) is 0 Å². The van der Waals surface area contributed by atoms with E-state index in [0.29, 0.717) is 11.3 Å². The molecule has 0 fully saturated rings. The second-order valence-corrected chi connectivity index (χ2v) is 4.80. The number of amides is 1. The smallest absolute Gasteiger partial charge is 0.312 e. The number of carboxylic acids is 1. The predicted molar refractivity (Wildman–Crippen MR) is 74.4 cm³/mol. The Morgan fingerprint density at radius 1 is 1.24 bits per heavy atom. The third kappa shape index (κ3) is 2.20. The second-order valence-electron chi connectivity index (χ2n) is 4.80. The van der Waals surface area contributed by atoms with E-state index < -0.39 is 11.9 Å². The Morgan fingerprint density at radius 3 is 2.71 bits per heavy atom. The van der Waals surface area contributed by atoms with Gasteiger partial charge in [0.1, 0.15) is 11.7 Å². The van der Waals surface area contributed by atoms with E-state index in [-0.39, 0.29) is 23.8 Å². The van der Waals surface area contributed by atoms with Gasteiger partial charge in [0.05, 0.1) is 11.8 Å². The van der Waals surface area contributed by atoms with Crippen molar-refractivity contribution in [3.8, 4) is 5.75 Å². The van der Waals surface area contributed by atoms with Gasteiger partial charge in [-0.2, -0.15) is 0 Å². The standard InChI is InChI=1S/C15H12N2O4/c18-10-5-9(6-16-7-10)14(19)17-8-12(15(20)21)11-3-1-2-4-13(11)17/h1-7,12,18H,8H2,(H,20,21). The number of nitrogens with zero attached hydrogens (tertiary/aromatic N) is 2. The molecular formula is C15H12N2O4. The van der Waals surface area contributed by atoms with Crippen molar-refractivity contribution in [2.24, 2.45) is 0 Å². The number of aromatic nitrogens is 1. The van der Waals surface area contributed by atoms with Crippen molar-refractivity contribution >= 4 is 17.6 Å². The molecule has 21 heavy (non-hydrogen) atoms. The van der Waals surface area contributed by atoms with Gasteiger partial charge in [0.25, 0.3) is 5.91 Å². The minimum Gasteiger partial charge on any atom is -0.506 e. The third-order valence-corrected chi connectivity index (χ3v) is 3.48. The average Bonchev–Trinajstić information content (AvgIpc) is 2.86. The average molecular weight is 284 g/mol. The molecule has 1 aliphatic rings. The van der Waals surface area contributed by atoms with Crippen molar-refractivity contribution in [1.29, 1.82) is 0 Å². The Hall–Kier alpha value is -2.89. The number of aromatic hydroxyl groups is 1. The molecular weight excluding hydrogens is 272 g/mol. The summed E-state index contributed by atoms with van der Waals surface area (Å²) in [5, 5.41) is 18.7. The fourth-order valence-electron chi connectivity index (χ4n) is 2.51. The first-order chi connectivity index (χ1) is 10.1. The van der Waals surface area contributed by atoms with Crippen LogP contribution in [0.5, 0.6) is 5.75 Å². The van der Waals surface area contributed by atoms with E-state index in [4.69, 9.17) is 0 Å². The highest BCUT2D eigenvalue weighted by Gasteiger charge is 2.36. The van der Waals surface area contributed by atoms with Crippen molar-refractivity contribution in [3.05, 3.63) is 53.9 Å². The van der Waals surface area contributed by atoms with Gasteiger partial charge in [0.15, 0.2) is 0 Å². The Balaban J connectivity index is 2.01. The van der Waals surface area contributed by atoms with Crippen LogP contribution in [0.3, 0.4) is 0 Å². The van der Waals surface area contributed by atoms with Gasteiger partial charge in [0, 0.05) is 18.4 Å². The van der Waals surface area contributed by atoms with E-state index in [1.54, 1.807) is 24.3 Å². The van der Waals surface area contributed by atoms with Gasteiger partial charge in [-0.15, -0.1) is 0 Å². The Morgan fingerprint density at radius 2 is 2.00 bits per heavy atom. The summed E-state index contributed by atoms with van der Waals surface area (Å²) in [5.74, 6) is -2.19. The number of carbonyl (C=O) groups is 2. The molecule has 2 aromatic rings. The summed E-state index contributed by atoms with van der Waals surface area (Å²) in [6.45, 7) is 0.0726. The maximum absolute atomic E-state index is 12.5. The summed E-state index contributed by atoms with van der Waals surface area (Å²) in [5.41, 5.74) is 1.42. The quantitative estimate of drug-likeness (QED) is 0.874. The molecule has 2 heterocycles. The highest BCUT2D eigenvalue weighted by Crippen LogP contribution is 2.37. The van der Waals surface area contributed by atoms with E-state index in [1.807, 2.05) is 0 Å². The number of aliphatic carboxylic acids is 1. The molecule has 1 aromatic heterocycles.